The van der Waals surface area contributed by atoms with E-state index in [2.05, 4.69) is 33.1 Å². The quantitative estimate of drug-likeness (QED) is 0.870. The van der Waals surface area contributed by atoms with Crippen molar-refractivity contribution in [1.29, 1.82) is 0 Å². The van der Waals surface area contributed by atoms with E-state index in [1.54, 1.807) is 7.11 Å². The number of benzene rings is 1. The van der Waals surface area contributed by atoms with Crippen LogP contribution in [0.15, 0.2) is 36.4 Å². The number of methoxy groups -OCH3 is 1. The fourth-order valence-corrected chi connectivity index (χ4v) is 2.78. The number of hydrogen-bond acceptors (Lipinski definition) is 4. The second kappa shape index (κ2) is 6.18. The standard InChI is InChI=1S/C18H21N3O/c1-13-11-14(2)20-18(19-13)21-9-7-15(8-10-21)16-5-4-6-17(12-16)22-3/h4-7,11-12H,8-10H2,1-3H3. The number of hydrogen-bond donors (Lipinski definition) is 0. The van der Waals surface area contributed by atoms with Crippen LogP contribution in [0.5, 0.6) is 5.75 Å². The largest absolute Gasteiger partial charge is 0.497 e. The van der Waals surface area contributed by atoms with Gasteiger partial charge in [0.1, 0.15) is 5.75 Å². The summed E-state index contributed by atoms with van der Waals surface area (Å²) in [7, 11) is 1.70. The molecule has 0 N–H and O–H groups in total. The number of aryl methyl sites for hydroxylation is 2. The summed E-state index contributed by atoms with van der Waals surface area (Å²) in [5, 5.41) is 0. The van der Waals surface area contributed by atoms with Gasteiger partial charge >= 0.3 is 0 Å². The van der Waals surface area contributed by atoms with Crippen LogP contribution >= 0.6 is 0 Å². The molecule has 0 saturated heterocycles. The molecule has 0 spiro atoms. The molecule has 0 aliphatic carbocycles. The number of nitrogens with zero attached hydrogens (tertiary/aromatic N) is 3. The van der Waals surface area contributed by atoms with Gasteiger partial charge in [-0.3, -0.25) is 0 Å². The Morgan fingerprint density at radius 3 is 2.50 bits per heavy atom. The van der Waals surface area contributed by atoms with Crippen molar-refractivity contribution in [2.24, 2.45) is 0 Å². The third-order valence-electron chi connectivity index (χ3n) is 3.90. The van der Waals surface area contributed by atoms with Gasteiger partial charge in [-0.1, -0.05) is 18.2 Å². The van der Waals surface area contributed by atoms with Gasteiger partial charge in [0, 0.05) is 24.5 Å². The summed E-state index contributed by atoms with van der Waals surface area (Å²) in [6, 6.07) is 10.2. The van der Waals surface area contributed by atoms with Gasteiger partial charge in [-0.25, -0.2) is 9.97 Å². The van der Waals surface area contributed by atoms with Crippen molar-refractivity contribution in [3.8, 4) is 5.75 Å². The molecule has 1 aliphatic heterocycles. The molecule has 1 aliphatic rings. The predicted molar refractivity (Wildman–Crippen MR) is 89.3 cm³/mol. The van der Waals surface area contributed by atoms with Gasteiger partial charge < -0.3 is 9.64 Å². The highest BCUT2D eigenvalue weighted by molar-refractivity contribution is 5.69. The molecule has 4 nitrogen and oxygen atoms in total. The van der Waals surface area contributed by atoms with Crippen molar-refractivity contribution in [2.75, 3.05) is 25.1 Å². The number of anilines is 1. The smallest absolute Gasteiger partial charge is 0.226 e. The van der Waals surface area contributed by atoms with Gasteiger partial charge in [-0.15, -0.1) is 0 Å². The van der Waals surface area contributed by atoms with E-state index in [4.69, 9.17) is 4.74 Å². The summed E-state index contributed by atoms with van der Waals surface area (Å²) in [4.78, 5) is 11.3. The predicted octanol–water partition coefficient (Wildman–Crippen LogP) is 3.40. The lowest BCUT2D eigenvalue weighted by molar-refractivity contribution is 0.414. The minimum absolute atomic E-state index is 0.832. The maximum absolute atomic E-state index is 5.30. The zero-order valence-electron chi connectivity index (χ0n) is 13.3. The Labute approximate surface area is 131 Å². The van der Waals surface area contributed by atoms with E-state index in [1.807, 2.05) is 32.0 Å². The first-order valence-electron chi connectivity index (χ1n) is 7.56. The minimum Gasteiger partial charge on any atom is -0.497 e. The van der Waals surface area contributed by atoms with Crippen LogP contribution in [0, 0.1) is 13.8 Å². The molecule has 4 heteroatoms. The maximum Gasteiger partial charge on any atom is 0.226 e. The Morgan fingerprint density at radius 2 is 1.86 bits per heavy atom. The fourth-order valence-electron chi connectivity index (χ4n) is 2.78. The highest BCUT2D eigenvalue weighted by atomic mass is 16.5. The van der Waals surface area contributed by atoms with Crippen LogP contribution in [0.1, 0.15) is 23.4 Å². The first-order valence-corrected chi connectivity index (χ1v) is 7.56. The van der Waals surface area contributed by atoms with Crippen LogP contribution < -0.4 is 9.64 Å². The van der Waals surface area contributed by atoms with E-state index in [0.29, 0.717) is 0 Å². The molecule has 3 rings (SSSR count). The average Bonchev–Trinajstić information content (AvgIpc) is 2.54. The van der Waals surface area contributed by atoms with Gasteiger partial charge in [-0.2, -0.15) is 0 Å². The van der Waals surface area contributed by atoms with E-state index in [9.17, 15) is 0 Å². The van der Waals surface area contributed by atoms with Gasteiger partial charge in [0.05, 0.1) is 7.11 Å². The van der Waals surface area contributed by atoms with Gasteiger partial charge in [-0.05, 0) is 49.6 Å². The molecule has 0 amide bonds. The molecule has 0 saturated carbocycles. The molecule has 0 bridgehead atoms. The molecule has 1 aromatic carbocycles. The molecule has 22 heavy (non-hydrogen) atoms. The Morgan fingerprint density at radius 1 is 1.09 bits per heavy atom. The molecule has 2 aromatic rings. The Balaban J connectivity index is 1.79. The summed E-state index contributed by atoms with van der Waals surface area (Å²) >= 11 is 0. The summed E-state index contributed by atoms with van der Waals surface area (Å²) in [5.41, 5.74) is 4.63. The van der Waals surface area contributed by atoms with E-state index in [1.165, 1.54) is 11.1 Å². The topological polar surface area (TPSA) is 38.2 Å². The highest BCUT2D eigenvalue weighted by Crippen LogP contribution is 2.26. The van der Waals surface area contributed by atoms with Crippen LogP contribution in [-0.4, -0.2) is 30.2 Å². The van der Waals surface area contributed by atoms with Crippen LogP contribution in [0.2, 0.25) is 0 Å². The van der Waals surface area contributed by atoms with E-state index in [0.717, 1.165) is 42.6 Å². The van der Waals surface area contributed by atoms with Crippen LogP contribution in [0.3, 0.4) is 0 Å². The van der Waals surface area contributed by atoms with Gasteiger partial charge in [0.25, 0.3) is 0 Å². The van der Waals surface area contributed by atoms with Crippen LogP contribution in [-0.2, 0) is 0 Å². The zero-order chi connectivity index (χ0) is 15.5. The molecule has 1 aromatic heterocycles. The molecule has 0 radical (unpaired) electrons. The highest BCUT2D eigenvalue weighted by Gasteiger charge is 2.16. The molecule has 2 heterocycles. The molecule has 0 atom stereocenters. The molecule has 114 valence electrons. The lowest BCUT2D eigenvalue weighted by Gasteiger charge is -2.27. The second-order valence-corrected chi connectivity index (χ2v) is 5.61. The summed E-state index contributed by atoms with van der Waals surface area (Å²) < 4.78 is 5.30. The minimum atomic E-state index is 0.832. The van der Waals surface area contributed by atoms with Gasteiger partial charge in [0.2, 0.25) is 5.95 Å². The molecule has 0 fully saturated rings. The summed E-state index contributed by atoms with van der Waals surface area (Å²) in [6.45, 7) is 5.81. The number of ether oxygens (including phenoxy) is 1. The van der Waals surface area contributed by atoms with E-state index in [-0.39, 0.29) is 0 Å². The Bertz CT molecular complexity index is 689. The summed E-state index contributed by atoms with van der Waals surface area (Å²) in [5.74, 6) is 1.73. The lowest BCUT2D eigenvalue weighted by Crippen LogP contribution is -2.30. The van der Waals surface area contributed by atoms with Gasteiger partial charge in [0.15, 0.2) is 0 Å². The van der Waals surface area contributed by atoms with Crippen molar-refractivity contribution < 1.29 is 4.74 Å². The van der Waals surface area contributed by atoms with Crippen molar-refractivity contribution in [3.05, 3.63) is 53.4 Å². The Kier molecular flexibility index (Phi) is 4.09. The van der Waals surface area contributed by atoms with Crippen molar-refractivity contribution in [2.45, 2.75) is 20.3 Å². The second-order valence-electron chi connectivity index (χ2n) is 5.61. The lowest BCUT2D eigenvalue weighted by atomic mass is 9.99. The first kappa shape index (κ1) is 14.6. The van der Waals surface area contributed by atoms with Crippen molar-refractivity contribution in [3.63, 3.8) is 0 Å². The summed E-state index contributed by atoms with van der Waals surface area (Å²) in [6.07, 6.45) is 3.25. The van der Waals surface area contributed by atoms with Crippen LogP contribution in [0.25, 0.3) is 5.57 Å². The third kappa shape index (κ3) is 3.11. The zero-order valence-corrected chi connectivity index (χ0v) is 13.3. The monoisotopic (exact) mass is 295 g/mol. The first-order chi connectivity index (χ1) is 10.7. The van der Waals surface area contributed by atoms with Crippen molar-refractivity contribution >= 4 is 11.5 Å². The third-order valence-corrected chi connectivity index (χ3v) is 3.90. The average molecular weight is 295 g/mol. The van der Waals surface area contributed by atoms with E-state index >= 15 is 0 Å². The molecular weight excluding hydrogens is 274 g/mol. The van der Waals surface area contributed by atoms with Crippen molar-refractivity contribution in [1.82, 2.24) is 9.97 Å². The fraction of sp³-hybridized carbons (Fsp3) is 0.333. The number of aromatic nitrogens is 2. The van der Waals surface area contributed by atoms with Crippen LogP contribution in [0.4, 0.5) is 5.95 Å². The number of rotatable bonds is 3. The SMILES string of the molecule is COc1cccc(C2=CCN(c3nc(C)cc(C)n3)CC2)c1. The molecular formula is C18H21N3O. The van der Waals surface area contributed by atoms with E-state index < -0.39 is 0 Å². The normalized spacial score (nSPS) is 14.7. The molecule has 0 unspecified atom stereocenters. The Hall–Kier alpha value is -2.36. The maximum atomic E-state index is 5.30.